The van der Waals surface area contributed by atoms with Crippen LogP contribution >= 0.6 is 0 Å². The maximum Gasteiger partial charge on any atom is 0.123 e. The van der Waals surface area contributed by atoms with Gasteiger partial charge in [0.05, 0.1) is 0 Å². The van der Waals surface area contributed by atoms with Gasteiger partial charge in [0.2, 0.25) is 0 Å². The summed E-state index contributed by atoms with van der Waals surface area (Å²) in [7, 11) is 0. The third-order valence-electron chi connectivity index (χ3n) is 2.19. The second-order valence-corrected chi connectivity index (χ2v) is 3.00. The molecule has 0 radical (unpaired) electrons. The van der Waals surface area contributed by atoms with Crippen LogP contribution in [0, 0.1) is 0 Å². The van der Waals surface area contributed by atoms with E-state index < -0.39 is 0 Å². The highest BCUT2D eigenvalue weighted by Gasteiger charge is 2.02. The monoisotopic (exact) mass is 173 g/mol. The van der Waals surface area contributed by atoms with Gasteiger partial charge in [-0.15, -0.1) is 0 Å². The number of rotatable bonds is 1. The molecule has 0 saturated heterocycles. The van der Waals surface area contributed by atoms with E-state index in [2.05, 4.69) is 0 Å². The molecule has 0 spiro atoms. The van der Waals surface area contributed by atoms with Crippen LogP contribution in [0.2, 0.25) is 0 Å². The SMILES string of the molecule is NCc1cccc2cccc(O)c12. The molecule has 0 aliphatic carbocycles. The van der Waals surface area contributed by atoms with Crippen molar-refractivity contribution < 1.29 is 5.11 Å². The van der Waals surface area contributed by atoms with Crippen LogP contribution in [0.25, 0.3) is 10.8 Å². The van der Waals surface area contributed by atoms with Crippen LogP contribution in [-0.4, -0.2) is 5.11 Å². The van der Waals surface area contributed by atoms with Gasteiger partial charge < -0.3 is 10.8 Å². The summed E-state index contributed by atoms with van der Waals surface area (Å²) in [5, 5.41) is 11.5. The zero-order valence-electron chi connectivity index (χ0n) is 7.20. The van der Waals surface area contributed by atoms with Crippen molar-refractivity contribution in [2.24, 2.45) is 5.73 Å². The highest BCUT2D eigenvalue weighted by molar-refractivity contribution is 5.90. The van der Waals surface area contributed by atoms with Crippen molar-refractivity contribution in [1.82, 2.24) is 0 Å². The fourth-order valence-electron chi connectivity index (χ4n) is 1.57. The van der Waals surface area contributed by atoms with E-state index in [0.29, 0.717) is 12.3 Å². The van der Waals surface area contributed by atoms with Gasteiger partial charge in [0, 0.05) is 11.9 Å². The zero-order valence-corrected chi connectivity index (χ0v) is 7.20. The Morgan fingerprint density at radius 3 is 2.46 bits per heavy atom. The lowest BCUT2D eigenvalue weighted by atomic mass is 10.0. The van der Waals surface area contributed by atoms with Gasteiger partial charge in [-0.3, -0.25) is 0 Å². The molecule has 0 unspecified atom stereocenters. The predicted molar refractivity (Wildman–Crippen MR) is 53.5 cm³/mol. The minimum atomic E-state index is 0.304. The molecule has 2 aromatic carbocycles. The second-order valence-electron chi connectivity index (χ2n) is 3.00. The molecule has 3 N–H and O–H groups in total. The molecule has 0 aliphatic heterocycles. The molecule has 66 valence electrons. The van der Waals surface area contributed by atoms with Crippen molar-refractivity contribution in [2.45, 2.75) is 6.54 Å². The van der Waals surface area contributed by atoms with Gasteiger partial charge in [-0.2, -0.15) is 0 Å². The minimum absolute atomic E-state index is 0.304. The van der Waals surface area contributed by atoms with Crippen molar-refractivity contribution in [3.8, 4) is 5.75 Å². The molecule has 0 amide bonds. The first kappa shape index (κ1) is 8.08. The molecule has 13 heavy (non-hydrogen) atoms. The summed E-state index contributed by atoms with van der Waals surface area (Å²) in [6.07, 6.45) is 0. The number of hydrogen-bond donors (Lipinski definition) is 2. The molecule has 0 aliphatic rings. The minimum Gasteiger partial charge on any atom is -0.507 e. The van der Waals surface area contributed by atoms with E-state index in [9.17, 15) is 5.11 Å². The summed E-state index contributed by atoms with van der Waals surface area (Å²) >= 11 is 0. The fourth-order valence-corrected chi connectivity index (χ4v) is 1.57. The van der Waals surface area contributed by atoms with Crippen molar-refractivity contribution in [2.75, 3.05) is 0 Å². The van der Waals surface area contributed by atoms with Crippen LogP contribution in [-0.2, 0) is 6.54 Å². The molecular formula is C11H11NO. The number of nitrogens with two attached hydrogens (primary N) is 1. The number of hydrogen-bond acceptors (Lipinski definition) is 2. The Labute approximate surface area is 76.6 Å². The van der Waals surface area contributed by atoms with E-state index in [0.717, 1.165) is 16.3 Å². The van der Waals surface area contributed by atoms with Gasteiger partial charge in [0.25, 0.3) is 0 Å². The van der Waals surface area contributed by atoms with Crippen molar-refractivity contribution in [3.63, 3.8) is 0 Å². The molecule has 2 nitrogen and oxygen atoms in total. The van der Waals surface area contributed by atoms with Crippen LogP contribution < -0.4 is 5.73 Å². The first-order valence-electron chi connectivity index (χ1n) is 4.22. The summed E-state index contributed by atoms with van der Waals surface area (Å²) in [5.41, 5.74) is 6.56. The van der Waals surface area contributed by atoms with E-state index in [1.165, 1.54) is 0 Å². The van der Waals surface area contributed by atoms with Gasteiger partial charge in [0.15, 0.2) is 0 Å². The molecular weight excluding hydrogens is 162 g/mol. The van der Waals surface area contributed by atoms with E-state index >= 15 is 0 Å². The van der Waals surface area contributed by atoms with Crippen LogP contribution in [0.3, 0.4) is 0 Å². The maximum atomic E-state index is 9.63. The quantitative estimate of drug-likeness (QED) is 0.692. The third-order valence-corrected chi connectivity index (χ3v) is 2.19. The number of phenolic OH excluding ortho intramolecular Hbond substituents is 1. The normalized spacial score (nSPS) is 10.5. The predicted octanol–water partition coefficient (Wildman–Crippen LogP) is 2.00. The highest BCUT2D eigenvalue weighted by Crippen LogP contribution is 2.27. The van der Waals surface area contributed by atoms with Crippen LogP contribution in [0.5, 0.6) is 5.75 Å². The molecule has 2 aromatic rings. The number of fused-ring (bicyclic) bond motifs is 1. The Morgan fingerprint density at radius 1 is 1.08 bits per heavy atom. The lowest BCUT2D eigenvalue weighted by molar-refractivity contribution is 0.481. The summed E-state index contributed by atoms with van der Waals surface area (Å²) < 4.78 is 0. The Balaban J connectivity index is 2.87. The first-order valence-corrected chi connectivity index (χ1v) is 4.22. The van der Waals surface area contributed by atoms with E-state index in [1.807, 2.05) is 30.3 Å². The Bertz CT molecular complexity index is 432. The van der Waals surface area contributed by atoms with Crippen molar-refractivity contribution >= 4 is 10.8 Å². The molecule has 0 bridgehead atoms. The molecule has 2 heteroatoms. The van der Waals surface area contributed by atoms with Gasteiger partial charge in [0.1, 0.15) is 5.75 Å². The zero-order chi connectivity index (χ0) is 9.26. The lowest BCUT2D eigenvalue weighted by Crippen LogP contribution is -1.96. The van der Waals surface area contributed by atoms with Gasteiger partial charge >= 0.3 is 0 Å². The van der Waals surface area contributed by atoms with Crippen LogP contribution in [0.15, 0.2) is 36.4 Å². The molecule has 0 fully saturated rings. The van der Waals surface area contributed by atoms with Crippen LogP contribution in [0.4, 0.5) is 0 Å². The number of phenols is 1. The summed E-state index contributed by atoms with van der Waals surface area (Å²) in [6.45, 7) is 0.453. The van der Waals surface area contributed by atoms with Crippen molar-refractivity contribution in [1.29, 1.82) is 0 Å². The Hall–Kier alpha value is -1.54. The van der Waals surface area contributed by atoms with Gasteiger partial charge in [-0.25, -0.2) is 0 Å². The van der Waals surface area contributed by atoms with Crippen LogP contribution in [0.1, 0.15) is 5.56 Å². The largest absolute Gasteiger partial charge is 0.507 e. The average molecular weight is 173 g/mol. The second kappa shape index (κ2) is 3.07. The molecule has 0 aromatic heterocycles. The highest BCUT2D eigenvalue weighted by atomic mass is 16.3. The average Bonchev–Trinajstić information content (AvgIpc) is 2.17. The summed E-state index contributed by atoms with van der Waals surface area (Å²) in [4.78, 5) is 0. The number of benzene rings is 2. The topological polar surface area (TPSA) is 46.2 Å². The van der Waals surface area contributed by atoms with Gasteiger partial charge in [-0.1, -0.05) is 30.3 Å². The third kappa shape index (κ3) is 1.25. The standard InChI is InChI=1S/C11H11NO/c12-7-9-5-1-3-8-4-2-6-10(13)11(8)9/h1-6,13H,7,12H2. The molecule has 2 rings (SSSR count). The fraction of sp³-hybridized carbons (Fsp3) is 0.0909. The maximum absolute atomic E-state index is 9.63. The first-order chi connectivity index (χ1) is 6.33. The smallest absolute Gasteiger partial charge is 0.123 e. The molecule has 0 heterocycles. The summed E-state index contributed by atoms with van der Waals surface area (Å²) in [6, 6.07) is 11.3. The molecule has 0 atom stereocenters. The lowest BCUT2D eigenvalue weighted by Gasteiger charge is -2.05. The number of aromatic hydroxyl groups is 1. The van der Waals surface area contributed by atoms with E-state index in [-0.39, 0.29) is 0 Å². The Kier molecular flexibility index (Phi) is 1.91. The van der Waals surface area contributed by atoms with E-state index in [4.69, 9.17) is 5.73 Å². The summed E-state index contributed by atoms with van der Waals surface area (Å²) in [5.74, 6) is 0.304. The molecule has 0 saturated carbocycles. The van der Waals surface area contributed by atoms with Crippen molar-refractivity contribution in [3.05, 3.63) is 42.0 Å². The Morgan fingerprint density at radius 2 is 1.77 bits per heavy atom. The van der Waals surface area contributed by atoms with E-state index in [1.54, 1.807) is 6.07 Å². The van der Waals surface area contributed by atoms with Gasteiger partial charge in [-0.05, 0) is 17.0 Å².